The summed E-state index contributed by atoms with van der Waals surface area (Å²) in [7, 11) is 3.53. The van der Waals surface area contributed by atoms with Gasteiger partial charge in [-0.3, -0.25) is 9.78 Å². The predicted molar refractivity (Wildman–Crippen MR) is 123 cm³/mol. The van der Waals surface area contributed by atoms with Crippen molar-refractivity contribution in [1.82, 2.24) is 9.55 Å². The molecule has 8 nitrogen and oxygen atoms in total. The number of ether oxygens (including phenoxy) is 3. The van der Waals surface area contributed by atoms with Crippen LogP contribution in [0.4, 0.5) is 0 Å². The van der Waals surface area contributed by atoms with Gasteiger partial charge < -0.3 is 28.8 Å². The van der Waals surface area contributed by atoms with Gasteiger partial charge in [-0.05, 0) is 66.8 Å². The van der Waals surface area contributed by atoms with Gasteiger partial charge in [0.1, 0.15) is 6.04 Å². The number of aryl methyl sites for hydroxylation is 2. The number of rotatable bonds is 3. The van der Waals surface area contributed by atoms with Crippen molar-refractivity contribution in [3.63, 3.8) is 0 Å². The van der Waals surface area contributed by atoms with Gasteiger partial charge in [0.25, 0.3) is 5.56 Å². The zero-order valence-corrected chi connectivity index (χ0v) is 19.7. The lowest BCUT2D eigenvalue weighted by Gasteiger charge is -2.35. The normalized spacial score (nSPS) is 18.8. The third-order valence-corrected chi connectivity index (χ3v) is 6.66. The van der Waals surface area contributed by atoms with Crippen molar-refractivity contribution >= 4 is 12.2 Å². The van der Waals surface area contributed by atoms with Crippen LogP contribution in [0.15, 0.2) is 29.1 Å². The number of aromatic nitrogens is 2. The van der Waals surface area contributed by atoms with Gasteiger partial charge in [-0.15, -0.1) is 0 Å². The Bertz CT molecular complexity index is 1370. The molecule has 0 saturated heterocycles. The van der Waals surface area contributed by atoms with Crippen LogP contribution in [0.5, 0.6) is 23.1 Å². The maximum atomic E-state index is 13.9. The van der Waals surface area contributed by atoms with Crippen molar-refractivity contribution in [2.45, 2.75) is 26.3 Å². The number of benzene rings is 2. The fourth-order valence-corrected chi connectivity index (χ4v) is 5.30. The lowest BCUT2D eigenvalue weighted by Crippen LogP contribution is -3.10. The Hall–Kier alpha value is -3.30. The molecular formula is C24H25N3O5S. The molecule has 1 aromatic heterocycles. The molecule has 0 aliphatic carbocycles. The Labute approximate surface area is 196 Å². The number of methoxy groups -OCH3 is 1. The van der Waals surface area contributed by atoms with Gasteiger partial charge in [-0.25, -0.2) is 0 Å². The molecule has 0 saturated carbocycles. The molecule has 5 rings (SSSR count). The number of nitrogens with one attached hydrogen (secondary N) is 2. The highest BCUT2D eigenvalue weighted by atomic mass is 32.1. The fourth-order valence-electron chi connectivity index (χ4n) is 5.02. The number of likely N-dealkylation sites (N-methyl/N-ethyl adjacent to an activating group) is 1. The summed E-state index contributed by atoms with van der Waals surface area (Å²) < 4.78 is 18.5. The molecule has 0 spiro atoms. The van der Waals surface area contributed by atoms with E-state index in [1.165, 1.54) is 4.57 Å². The smallest absolute Gasteiger partial charge is 0.260 e. The van der Waals surface area contributed by atoms with Crippen LogP contribution in [0.2, 0.25) is 0 Å². The maximum absolute atomic E-state index is 13.9. The van der Waals surface area contributed by atoms with Crippen molar-refractivity contribution < 1.29 is 24.2 Å². The summed E-state index contributed by atoms with van der Waals surface area (Å²) in [5.41, 5.74) is 4.02. The summed E-state index contributed by atoms with van der Waals surface area (Å²) in [5.74, 6) is 1.20. The van der Waals surface area contributed by atoms with Crippen LogP contribution < -0.4 is 29.8 Å². The number of hydrogen-bond donors (Lipinski definition) is 2. The zero-order valence-electron chi connectivity index (χ0n) is 18.9. The Balaban J connectivity index is 1.80. The van der Waals surface area contributed by atoms with E-state index in [9.17, 15) is 9.90 Å². The molecule has 0 amide bonds. The Morgan fingerprint density at radius 2 is 1.91 bits per heavy atom. The van der Waals surface area contributed by atoms with Crippen LogP contribution in [0.1, 0.15) is 33.9 Å². The van der Waals surface area contributed by atoms with Gasteiger partial charge >= 0.3 is 0 Å². The topological polar surface area (TPSA) is 93.0 Å². The average Bonchev–Trinajstić information content (AvgIpc) is 3.21. The van der Waals surface area contributed by atoms with Crippen molar-refractivity contribution in [3.8, 4) is 28.8 Å². The van der Waals surface area contributed by atoms with Gasteiger partial charge in [0.15, 0.2) is 16.3 Å². The molecule has 2 atom stereocenters. The minimum atomic E-state index is -0.554. The predicted octanol–water partition coefficient (Wildman–Crippen LogP) is 1.48. The standard InChI is InChI=1S/C24H25N3O5S/c1-12-7-13(2)9-15(8-12)27-23(29)18(22(28)25-24(27)33)19-17-14(5-6-26(19)3)10-16-20(21(17)30-4)32-11-31-16/h7-10,19,29H,5-6,11H2,1-4H3,(H,25,28,33)/t19-/m1/s1. The Kier molecular flexibility index (Phi) is 5.18. The molecule has 1 unspecified atom stereocenters. The molecule has 0 radical (unpaired) electrons. The van der Waals surface area contributed by atoms with Gasteiger partial charge in [-0.1, -0.05) is 6.07 Å². The van der Waals surface area contributed by atoms with Crippen LogP contribution in [0, 0.1) is 18.6 Å². The minimum Gasteiger partial charge on any atom is -0.859 e. The lowest BCUT2D eigenvalue weighted by molar-refractivity contribution is -0.908. The summed E-state index contributed by atoms with van der Waals surface area (Å²) in [4.78, 5) is 17.0. The number of nitrogens with zero attached hydrogens (tertiary/aromatic N) is 1. The highest BCUT2D eigenvalue weighted by Crippen LogP contribution is 2.48. The Morgan fingerprint density at radius 3 is 2.61 bits per heavy atom. The van der Waals surface area contributed by atoms with E-state index in [4.69, 9.17) is 26.4 Å². The fraction of sp³-hybridized carbons (Fsp3) is 0.333. The Morgan fingerprint density at radius 1 is 1.18 bits per heavy atom. The average molecular weight is 468 g/mol. The first-order valence-electron chi connectivity index (χ1n) is 10.8. The summed E-state index contributed by atoms with van der Waals surface area (Å²) in [5, 5.41) is 13.9. The quantitative estimate of drug-likeness (QED) is 0.567. The van der Waals surface area contributed by atoms with Gasteiger partial charge in [-0.2, -0.15) is 0 Å². The van der Waals surface area contributed by atoms with Crippen molar-refractivity contribution in [3.05, 3.63) is 67.2 Å². The molecule has 2 aliphatic rings. The highest BCUT2D eigenvalue weighted by Gasteiger charge is 2.39. The summed E-state index contributed by atoms with van der Waals surface area (Å²) >= 11 is 5.42. The van der Waals surface area contributed by atoms with E-state index in [0.717, 1.165) is 40.1 Å². The second-order valence-electron chi connectivity index (χ2n) is 8.66. The van der Waals surface area contributed by atoms with Crippen LogP contribution >= 0.6 is 12.2 Å². The molecule has 3 aromatic rings. The zero-order chi connectivity index (χ0) is 23.4. The minimum absolute atomic E-state index is 0.0742. The summed E-state index contributed by atoms with van der Waals surface area (Å²) in [6.07, 6.45) is 0.757. The number of aromatic amines is 1. The van der Waals surface area contributed by atoms with Gasteiger partial charge in [0.2, 0.25) is 12.5 Å². The second kappa shape index (κ2) is 7.93. The molecule has 2 aliphatic heterocycles. The molecular weight excluding hydrogens is 442 g/mol. The molecule has 9 heteroatoms. The molecule has 2 N–H and O–H groups in total. The molecule has 172 valence electrons. The first-order valence-corrected chi connectivity index (χ1v) is 11.2. The van der Waals surface area contributed by atoms with E-state index in [1.54, 1.807) is 7.11 Å². The monoisotopic (exact) mass is 467 g/mol. The van der Waals surface area contributed by atoms with E-state index in [0.29, 0.717) is 22.9 Å². The van der Waals surface area contributed by atoms with E-state index < -0.39 is 17.5 Å². The first-order chi connectivity index (χ1) is 15.8. The molecule has 2 aromatic carbocycles. The third kappa shape index (κ3) is 3.39. The SMILES string of the molecule is COc1c2c(cc3c1[C@H](c1c([O-])n(-c4cc(C)cc(C)c4)c(=S)[nH]c1=O)[NH+](C)CC3)OCO2. The van der Waals surface area contributed by atoms with E-state index >= 15 is 0 Å². The van der Waals surface area contributed by atoms with Crippen molar-refractivity contribution in [1.29, 1.82) is 0 Å². The van der Waals surface area contributed by atoms with Crippen LogP contribution in [-0.4, -0.2) is 37.0 Å². The van der Waals surface area contributed by atoms with E-state index in [2.05, 4.69) is 4.98 Å². The summed E-state index contributed by atoms with van der Waals surface area (Å²) in [6, 6.07) is 7.17. The van der Waals surface area contributed by atoms with Gasteiger partial charge in [0.05, 0.1) is 31.8 Å². The molecule has 0 bridgehead atoms. The first kappa shape index (κ1) is 21.5. The number of quaternary nitrogens is 1. The van der Waals surface area contributed by atoms with Crippen molar-refractivity contribution in [2.24, 2.45) is 0 Å². The van der Waals surface area contributed by atoms with E-state index in [1.807, 2.05) is 45.2 Å². The van der Waals surface area contributed by atoms with E-state index in [-0.39, 0.29) is 17.1 Å². The number of H-pyrrole nitrogens is 1. The largest absolute Gasteiger partial charge is 0.859 e. The van der Waals surface area contributed by atoms with Gasteiger partial charge in [0, 0.05) is 12.1 Å². The number of fused-ring (bicyclic) bond motifs is 2. The molecule has 33 heavy (non-hydrogen) atoms. The number of hydrogen-bond acceptors (Lipinski definition) is 6. The third-order valence-electron chi connectivity index (χ3n) is 6.37. The van der Waals surface area contributed by atoms with Crippen molar-refractivity contribution in [2.75, 3.05) is 27.5 Å². The maximum Gasteiger partial charge on any atom is 0.260 e. The lowest BCUT2D eigenvalue weighted by atomic mass is 9.87. The molecule has 3 heterocycles. The summed E-state index contributed by atoms with van der Waals surface area (Å²) in [6.45, 7) is 4.76. The van der Waals surface area contributed by atoms with Crippen LogP contribution in [-0.2, 0) is 6.42 Å². The van der Waals surface area contributed by atoms with Crippen LogP contribution in [0.3, 0.4) is 0 Å². The molecule has 0 fully saturated rings. The highest BCUT2D eigenvalue weighted by molar-refractivity contribution is 7.71. The van der Waals surface area contributed by atoms with Crippen LogP contribution in [0.25, 0.3) is 5.69 Å². The second-order valence-corrected chi connectivity index (χ2v) is 9.04.